The topological polar surface area (TPSA) is 108 Å². The third-order valence-corrected chi connectivity index (χ3v) is 3.78. The fourth-order valence-electron chi connectivity index (χ4n) is 2.70. The van der Waals surface area contributed by atoms with Crippen molar-refractivity contribution in [2.24, 2.45) is 0 Å². The Balaban J connectivity index is 2.25. The number of benzene rings is 1. The van der Waals surface area contributed by atoms with Gasteiger partial charge < -0.3 is 20.5 Å². The molecular formula is C16H20FN3O5. The number of ether oxygens (including phenoxy) is 1. The Morgan fingerprint density at radius 1 is 1.48 bits per heavy atom. The van der Waals surface area contributed by atoms with E-state index in [0.717, 1.165) is 6.07 Å². The van der Waals surface area contributed by atoms with Gasteiger partial charge in [0.1, 0.15) is 5.82 Å². The lowest BCUT2D eigenvalue weighted by Crippen LogP contribution is -2.51. The summed E-state index contributed by atoms with van der Waals surface area (Å²) in [5.74, 6) is -2.67. The van der Waals surface area contributed by atoms with E-state index in [1.807, 2.05) is 0 Å². The normalized spacial score (nSPS) is 16.3. The second-order valence-corrected chi connectivity index (χ2v) is 6.07. The summed E-state index contributed by atoms with van der Waals surface area (Å²) >= 11 is 0. The van der Waals surface area contributed by atoms with Gasteiger partial charge in [0.2, 0.25) is 0 Å². The number of aliphatic carboxylic acids is 1. The number of hydrogen-bond acceptors (Lipinski definition) is 4. The average molecular weight is 353 g/mol. The number of halogens is 1. The highest BCUT2D eigenvalue weighted by molar-refractivity contribution is 5.99. The van der Waals surface area contributed by atoms with Gasteiger partial charge in [-0.15, -0.1) is 0 Å². The van der Waals surface area contributed by atoms with Crippen molar-refractivity contribution in [1.82, 2.24) is 10.6 Å². The van der Waals surface area contributed by atoms with E-state index in [2.05, 4.69) is 10.6 Å². The van der Waals surface area contributed by atoms with Gasteiger partial charge in [-0.1, -0.05) is 0 Å². The number of carbonyl (C=O) groups excluding carboxylic acids is 2. The maximum Gasteiger partial charge on any atom is 0.321 e. The molecule has 1 fully saturated rings. The molecule has 9 heteroatoms. The minimum absolute atomic E-state index is 0.0547. The zero-order chi connectivity index (χ0) is 18.6. The number of carboxylic acids is 1. The minimum atomic E-state index is -1.20. The van der Waals surface area contributed by atoms with Gasteiger partial charge in [-0.2, -0.15) is 0 Å². The zero-order valence-corrected chi connectivity index (χ0v) is 14.0. The molecule has 0 aliphatic carbocycles. The van der Waals surface area contributed by atoms with Gasteiger partial charge in [0, 0.05) is 25.9 Å². The Morgan fingerprint density at radius 3 is 2.76 bits per heavy atom. The van der Waals surface area contributed by atoms with Crippen molar-refractivity contribution in [2.45, 2.75) is 18.9 Å². The zero-order valence-electron chi connectivity index (χ0n) is 14.0. The third kappa shape index (κ3) is 4.44. The average Bonchev–Trinajstić information content (AvgIpc) is 2.92. The number of nitrogens with one attached hydrogen (secondary N) is 2. The highest BCUT2D eigenvalue weighted by Crippen LogP contribution is 2.21. The molecule has 1 aliphatic rings. The van der Waals surface area contributed by atoms with Crippen molar-refractivity contribution >= 4 is 23.6 Å². The van der Waals surface area contributed by atoms with Gasteiger partial charge >= 0.3 is 12.0 Å². The molecule has 25 heavy (non-hydrogen) atoms. The number of urea groups is 1. The van der Waals surface area contributed by atoms with Crippen LogP contribution < -0.4 is 15.5 Å². The second-order valence-electron chi connectivity index (χ2n) is 6.07. The lowest BCUT2D eigenvalue weighted by atomic mass is 9.98. The quantitative estimate of drug-likeness (QED) is 0.677. The number of nitrogens with zero attached hydrogens (tertiary/aromatic N) is 1. The van der Waals surface area contributed by atoms with Crippen LogP contribution in [-0.2, 0) is 9.53 Å². The Labute approximate surface area is 143 Å². The van der Waals surface area contributed by atoms with Crippen LogP contribution in [0.4, 0.5) is 14.9 Å². The predicted molar refractivity (Wildman–Crippen MR) is 87.1 cm³/mol. The Hall–Kier alpha value is -2.68. The van der Waals surface area contributed by atoms with Crippen molar-refractivity contribution in [1.29, 1.82) is 0 Å². The van der Waals surface area contributed by atoms with Crippen molar-refractivity contribution < 1.29 is 28.6 Å². The molecule has 0 saturated carbocycles. The van der Waals surface area contributed by atoms with E-state index >= 15 is 0 Å². The van der Waals surface area contributed by atoms with E-state index in [1.165, 1.54) is 31.1 Å². The number of amides is 3. The van der Waals surface area contributed by atoms with Crippen LogP contribution in [-0.4, -0.2) is 55.4 Å². The van der Waals surface area contributed by atoms with E-state index in [9.17, 15) is 18.8 Å². The molecule has 1 aromatic carbocycles. The van der Waals surface area contributed by atoms with Gasteiger partial charge in [-0.3, -0.25) is 14.5 Å². The Morgan fingerprint density at radius 2 is 2.20 bits per heavy atom. The van der Waals surface area contributed by atoms with E-state index < -0.39 is 23.2 Å². The number of hydrogen-bond donors (Lipinski definition) is 3. The van der Waals surface area contributed by atoms with Gasteiger partial charge in [0.25, 0.3) is 5.91 Å². The molecule has 1 saturated heterocycles. The smallest absolute Gasteiger partial charge is 0.321 e. The number of anilines is 1. The predicted octanol–water partition coefficient (Wildman–Crippen LogP) is 0.965. The molecule has 0 spiro atoms. The Kier molecular flexibility index (Phi) is 5.58. The van der Waals surface area contributed by atoms with Crippen LogP contribution in [0.5, 0.6) is 0 Å². The lowest BCUT2D eigenvalue weighted by molar-refractivity contribution is -0.139. The molecule has 1 aromatic rings. The van der Waals surface area contributed by atoms with Crippen LogP contribution in [0.2, 0.25) is 0 Å². The summed E-state index contributed by atoms with van der Waals surface area (Å²) in [6.07, 6.45) is -0.386. The highest BCUT2D eigenvalue weighted by Gasteiger charge is 2.31. The molecule has 8 nitrogen and oxygen atoms in total. The van der Waals surface area contributed by atoms with Gasteiger partial charge in [-0.25, -0.2) is 9.18 Å². The summed E-state index contributed by atoms with van der Waals surface area (Å²) in [6, 6.07) is 3.44. The molecular weight excluding hydrogens is 333 g/mol. The van der Waals surface area contributed by atoms with Crippen LogP contribution in [0.15, 0.2) is 18.2 Å². The minimum Gasteiger partial charge on any atom is -0.481 e. The first-order chi connectivity index (χ1) is 11.8. The summed E-state index contributed by atoms with van der Waals surface area (Å²) in [4.78, 5) is 36.6. The monoisotopic (exact) mass is 353 g/mol. The summed E-state index contributed by atoms with van der Waals surface area (Å²) in [6.45, 7) is 2.31. The summed E-state index contributed by atoms with van der Waals surface area (Å²) in [5, 5.41) is 14.1. The molecule has 136 valence electrons. The molecule has 3 amide bonds. The molecule has 2 rings (SSSR count). The first-order valence-corrected chi connectivity index (χ1v) is 7.64. The van der Waals surface area contributed by atoms with E-state index in [0.29, 0.717) is 18.8 Å². The maximum absolute atomic E-state index is 14.1. The number of rotatable bonds is 7. The summed E-state index contributed by atoms with van der Waals surface area (Å²) < 4.78 is 19.1. The van der Waals surface area contributed by atoms with Crippen molar-refractivity contribution in [3.8, 4) is 0 Å². The molecule has 1 aliphatic heterocycles. The molecule has 1 unspecified atom stereocenters. The number of carbonyl (C=O) groups is 3. The molecule has 1 atom stereocenters. The maximum atomic E-state index is 14.1. The Bertz CT molecular complexity index is 696. The van der Waals surface area contributed by atoms with Crippen molar-refractivity contribution in [2.75, 3.05) is 31.7 Å². The molecule has 0 radical (unpaired) electrons. The first kappa shape index (κ1) is 18.7. The van der Waals surface area contributed by atoms with E-state index in [4.69, 9.17) is 9.84 Å². The fraction of sp³-hybridized carbons (Fsp3) is 0.438. The van der Waals surface area contributed by atoms with Crippen LogP contribution in [0.1, 0.15) is 23.7 Å². The standard InChI is InChI=1S/C16H20FN3O5/c1-16(9-25-2,8-13(21)22)19-14(23)11-7-10(3-4-12(11)17)20-6-5-18-15(20)24/h3-4,7H,5-6,8-9H2,1-2H3,(H,18,24)(H,19,23)(H,21,22). The number of carboxylic acid groups (broad SMARTS) is 1. The molecule has 0 aromatic heterocycles. The van der Waals surface area contributed by atoms with Gasteiger partial charge in [0.15, 0.2) is 0 Å². The molecule has 0 bridgehead atoms. The van der Waals surface area contributed by atoms with Crippen molar-refractivity contribution in [3.63, 3.8) is 0 Å². The largest absolute Gasteiger partial charge is 0.481 e. The van der Waals surface area contributed by atoms with E-state index in [-0.39, 0.29) is 24.6 Å². The van der Waals surface area contributed by atoms with Gasteiger partial charge in [0.05, 0.1) is 24.1 Å². The summed E-state index contributed by atoms with van der Waals surface area (Å²) in [5.41, 5.74) is -1.09. The number of methoxy groups -OCH3 is 1. The van der Waals surface area contributed by atoms with Crippen LogP contribution in [0.25, 0.3) is 0 Å². The molecule has 3 N–H and O–H groups in total. The third-order valence-electron chi connectivity index (χ3n) is 3.78. The molecule has 1 heterocycles. The second kappa shape index (κ2) is 7.47. The van der Waals surface area contributed by atoms with Crippen LogP contribution in [0, 0.1) is 5.82 Å². The van der Waals surface area contributed by atoms with Crippen LogP contribution >= 0.6 is 0 Å². The highest BCUT2D eigenvalue weighted by atomic mass is 19.1. The lowest BCUT2D eigenvalue weighted by Gasteiger charge is -2.28. The summed E-state index contributed by atoms with van der Waals surface area (Å²) in [7, 11) is 1.37. The first-order valence-electron chi connectivity index (χ1n) is 7.64. The van der Waals surface area contributed by atoms with Crippen molar-refractivity contribution in [3.05, 3.63) is 29.6 Å². The SMILES string of the molecule is COCC(C)(CC(=O)O)NC(=O)c1cc(N2CCNC2=O)ccc1F. The van der Waals surface area contributed by atoms with Crippen LogP contribution in [0.3, 0.4) is 0 Å². The van der Waals surface area contributed by atoms with Gasteiger partial charge in [-0.05, 0) is 25.1 Å². The van der Waals surface area contributed by atoms with E-state index in [1.54, 1.807) is 0 Å². The fourth-order valence-corrected chi connectivity index (χ4v) is 2.70.